The van der Waals surface area contributed by atoms with Crippen molar-refractivity contribution in [3.63, 3.8) is 0 Å². The molecule has 1 amide bonds. The smallest absolute Gasteiger partial charge is 0.267 e. The van der Waals surface area contributed by atoms with Crippen molar-refractivity contribution in [2.45, 2.75) is 18.9 Å². The lowest BCUT2D eigenvalue weighted by molar-refractivity contribution is 0.0995. The van der Waals surface area contributed by atoms with E-state index in [1.807, 2.05) is 6.07 Å². The average Bonchev–Trinajstić information content (AvgIpc) is 2.29. The molecular weight excluding hydrogens is 204 g/mol. The number of nitrogens with two attached hydrogens (primary N) is 2. The number of rotatable bonds is 2. The highest BCUT2D eigenvalue weighted by molar-refractivity contribution is 5.91. The molecule has 1 aromatic heterocycles. The minimum Gasteiger partial charge on any atom is -0.370 e. The molecule has 1 aromatic rings. The van der Waals surface area contributed by atoms with Crippen molar-refractivity contribution in [3.05, 3.63) is 24.0 Å². The minimum atomic E-state index is -0.497. The third-order valence-corrected chi connectivity index (χ3v) is 2.82. The van der Waals surface area contributed by atoms with Crippen molar-refractivity contribution in [3.8, 4) is 0 Å². The average molecular weight is 220 g/mol. The molecule has 0 aromatic carbocycles. The van der Waals surface area contributed by atoms with E-state index in [0.29, 0.717) is 5.69 Å². The van der Waals surface area contributed by atoms with Crippen LogP contribution in [0.5, 0.6) is 0 Å². The molecule has 0 unspecified atom stereocenters. The first-order valence-corrected chi connectivity index (χ1v) is 5.43. The Labute approximate surface area is 94.4 Å². The first kappa shape index (κ1) is 10.9. The molecule has 0 saturated carbocycles. The van der Waals surface area contributed by atoms with E-state index in [4.69, 9.17) is 11.5 Å². The van der Waals surface area contributed by atoms with Gasteiger partial charge in [-0.25, -0.2) is 0 Å². The van der Waals surface area contributed by atoms with Crippen molar-refractivity contribution in [1.29, 1.82) is 0 Å². The Bertz CT molecular complexity index is 393. The lowest BCUT2D eigenvalue weighted by atomic mass is 10.1. The Balaban J connectivity index is 2.19. The summed E-state index contributed by atoms with van der Waals surface area (Å²) < 4.78 is 0. The van der Waals surface area contributed by atoms with Crippen molar-refractivity contribution in [2.24, 2.45) is 11.5 Å². The van der Waals surface area contributed by atoms with E-state index >= 15 is 0 Å². The van der Waals surface area contributed by atoms with Gasteiger partial charge in [0.1, 0.15) is 5.69 Å². The van der Waals surface area contributed by atoms with Crippen LogP contribution < -0.4 is 16.4 Å². The zero-order valence-corrected chi connectivity index (χ0v) is 9.10. The number of amides is 1. The number of pyridine rings is 1. The Morgan fingerprint density at radius 3 is 3.06 bits per heavy atom. The Morgan fingerprint density at radius 1 is 1.56 bits per heavy atom. The number of hydrogen-bond acceptors (Lipinski definition) is 4. The van der Waals surface area contributed by atoms with Gasteiger partial charge in [-0.2, -0.15) is 0 Å². The quantitative estimate of drug-likeness (QED) is 0.740. The van der Waals surface area contributed by atoms with E-state index in [1.165, 1.54) is 0 Å². The van der Waals surface area contributed by atoms with Gasteiger partial charge in [0.25, 0.3) is 5.91 Å². The molecule has 2 heterocycles. The fourth-order valence-corrected chi connectivity index (χ4v) is 2.00. The molecule has 5 nitrogen and oxygen atoms in total. The predicted octanol–water partition coefficient (Wildman–Crippen LogP) is 0.108. The number of carbonyl (C=O) groups excluding carboxylic acids is 1. The molecule has 1 aliphatic rings. The molecule has 2 rings (SSSR count). The van der Waals surface area contributed by atoms with Crippen LogP contribution in [0, 0.1) is 0 Å². The monoisotopic (exact) mass is 220 g/mol. The molecule has 0 aliphatic carbocycles. The second-order valence-electron chi connectivity index (χ2n) is 4.11. The highest BCUT2D eigenvalue weighted by Crippen LogP contribution is 2.19. The molecule has 1 aliphatic heterocycles. The zero-order valence-electron chi connectivity index (χ0n) is 9.10. The second-order valence-corrected chi connectivity index (χ2v) is 4.11. The highest BCUT2D eigenvalue weighted by Gasteiger charge is 2.17. The number of hydrogen-bond donors (Lipinski definition) is 2. The van der Waals surface area contributed by atoms with Gasteiger partial charge in [-0.3, -0.25) is 9.78 Å². The fraction of sp³-hybridized carbons (Fsp3) is 0.455. The summed E-state index contributed by atoms with van der Waals surface area (Å²) in [6.07, 6.45) is 3.75. The summed E-state index contributed by atoms with van der Waals surface area (Å²) in [6, 6.07) is 3.81. The van der Waals surface area contributed by atoms with Crippen LogP contribution in [0.1, 0.15) is 23.3 Å². The second kappa shape index (κ2) is 4.49. The summed E-state index contributed by atoms with van der Waals surface area (Å²) in [6.45, 7) is 1.79. The number of primary amides is 1. The van der Waals surface area contributed by atoms with Crippen molar-refractivity contribution in [2.75, 3.05) is 18.0 Å². The first-order valence-electron chi connectivity index (χ1n) is 5.43. The van der Waals surface area contributed by atoms with Crippen LogP contribution in [0.25, 0.3) is 0 Å². The molecule has 0 spiro atoms. The zero-order chi connectivity index (χ0) is 11.5. The van der Waals surface area contributed by atoms with Gasteiger partial charge in [0.2, 0.25) is 0 Å². The van der Waals surface area contributed by atoms with Gasteiger partial charge in [0, 0.05) is 31.0 Å². The van der Waals surface area contributed by atoms with Gasteiger partial charge in [0.15, 0.2) is 0 Å². The molecule has 1 saturated heterocycles. The standard InChI is InChI=1S/C11H16N4O/c12-8-2-1-5-15(7-8)9-3-4-14-10(6-9)11(13)16/h3-4,6,8H,1-2,5,7,12H2,(H2,13,16)/t8-/m1/s1. The third kappa shape index (κ3) is 2.30. The molecule has 0 bridgehead atoms. The minimum absolute atomic E-state index is 0.207. The van der Waals surface area contributed by atoms with Gasteiger partial charge in [-0.15, -0.1) is 0 Å². The van der Waals surface area contributed by atoms with E-state index < -0.39 is 5.91 Å². The molecular formula is C11H16N4O. The van der Waals surface area contributed by atoms with Crippen molar-refractivity contribution >= 4 is 11.6 Å². The highest BCUT2D eigenvalue weighted by atomic mass is 16.1. The maximum absolute atomic E-state index is 11.0. The maximum Gasteiger partial charge on any atom is 0.267 e. The molecule has 1 atom stereocenters. The van der Waals surface area contributed by atoms with Gasteiger partial charge < -0.3 is 16.4 Å². The van der Waals surface area contributed by atoms with Crippen LogP contribution in [-0.4, -0.2) is 30.0 Å². The Morgan fingerprint density at radius 2 is 2.38 bits per heavy atom. The van der Waals surface area contributed by atoms with Crippen LogP contribution in [0.3, 0.4) is 0 Å². The van der Waals surface area contributed by atoms with Crippen LogP contribution in [-0.2, 0) is 0 Å². The molecule has 16 heavy (non-hydrogen) atoms. The van der Waals surface area contributed by atoms with E-state index in [-0.39, 0.29) is 6.04 Å². The predicted molar refractivity (Wildman–Crippen MR) is 62.2 cm³/mol. The van der Waals surface area contributed by atoms with E-state index in [9.17, 15) is 4.79 Å². The summed E-state index contributed by atoms with van der Waals surface area (Å²) in [5.41, 5.74) is 12.4. The summed E-state index contributed by atoms with van der Waals surface area (Å²) in [4.78, 5) is 17.1. The van der Waals surface area contributed by atoms with Gasteiger partial charge in [-0.1, -0.05) is 0 Å². The summed E-state index contributed by atoms with van der Waals surface area (Å²) in [7, 11) is 0. The van der Waals surface area contributed by atoms with Gasteiger partial charge >= 0.3 is 0 Å². The first-order chi connectivity index (χ1) is 7.66. The van der Waals surface area contributed by atoms with E-state index in [1.54, 1.807) is 12.3 Å². The lowest BCUT2D eigenvalue weighted by Gasteiger charge is -2.32. The summed E-state index contributed by atoms with van der Waals surface area (Å²) in [5, 5.41) is 0. The van der Waals surface area contributed by atoms with E-state index in [0.717, 1.165) is 31.6 Å². The number of carbonyl (C=O) groups is 1. The molecule has 86 valence electrons. The van der Waals surface area contributed by atoms with Crippen LogP contribution in [0.4, 0.5) is 5.69 Å². The van der Waals surface area contributed by atoms with E-state index in [2.05, 4.69) is 9.88 Å². The lowest BCUT2D eigenvalue weighted by Crippen LogP contribution is -2.42. The number of aromatic nitrogens is 1. The number of anilines is 1. The SMILES string of the molecule is NC(=O)c1cc(N2CCC[C@@H](N)C2)ccn1. The van der Waals surface area contributed by atoms with Crippen molar-refractivity contribution in [1.82, 2.24) is 4.98 Å². The maximum atomic E-state index is 11.0. The molecule has 1 fully saturated rings. The largest absolute Gasteiger partial charge is 0.370 e. The van der Waals surface area contributed by atoms with Gasteiger partial charge in [-0.05, 0) is 25.0 Å². The van der Waals surface area contributed by atoms with Gasteiger partial charge in [0.05, 0.1) is 0 Å². The van der Waals surface area contributed by atoms with Crippen LogP contribution in [0.15, 0.2) is 18.3 Å². The molecule has 0 radical (unpaired) electrons. The van der Waals surface area contributed by atoms with Crippen molar-refractivity contribution < 1.29 is 4.79 Å². The van der Waals surface area contributed by atoms with Crippen LogP contribution >= 0.6 is 0 Å². The summed E-state index contributed by atoms with van der Waals surface area (Å²) >= 11 is 0. The normalized spacial score (nSPS) is 20.8. The molecule has 4 N–H and O–H groups in total. The fourth-order valence-electron chi connectivity index (χ4n) is 2.00. The number of nitrogens with zero attached hydrogens (tertiary/aromatic N) is 2. The van der Waals surface area contributed by atoms with Crippen LogP contribution in [0.2, 0.25) is 0 Å². The third-order valence-electron chi connectivity index (χ3n) is 2.82. The number of piperidine rings is 1. The summed E-state index contributed by atoms with van der Waals surface area (Å²) in [5.74, 6) is -0.497. The topological polar surface area (TPSA) is 85.2 Å². The molecule has 5 heteroatoms. The Kier molecular flexibility index (Phi) is 3.05. The Hall–Kier alpha value is -1.62.